The number of hydrogen-bond donors (Lipinski definition) is 1. The van der Waals surface area contributed by atoms with Gasteiger partial charge in [-0.2, -0.15) is 0 Å². The molecule has 0 atom stereocenters. The fraction of sp³-hybridized carbons (Fsp3) is 0.933. The predicted molar refractivity (Wildman–Crippen MR) is 81.6 cm³/mol. The highest BCUT2D eigenvalue weighted by molar-refractivity contribution is 5.85. The van der Waals surface area contributed by atoms with Crippen LogP contribution in [0.5, 0.6) is 0 Å². The predicted octanol–water partition coefficient (Wildman–Crippen LogP) is 2.84. The summed E-state index contributed by atoms with van der Waals surface area (Å²) in [5.74, 6) is 1.77. The van der Waals surface area contributed by atoms with Gasteiger partial charge in [-0.15, -0.1) is 12.4 Å². The van der Waals surface area contributed by atoms with Gasteiger partial charge in [-0.1, -0.05) is 13.8 Å². The van der Waals surface area contributed by atoms with Crippen LogP contribution in [0.2, 0.25) is 0 Å². The van der Waals surface area contributed by atoms with Gasteiger partial charge in [-0.25, -0.2) is 0 Å². The first-order valence-corrected chi connectivity index (χ1v) is 7.67. The first-order chi connectivity index (χ1) is 8.66. The minimum Gasteiger partial charge on any atom is -0.339 e. The standard InChI is InChI=1S/C15H28N2O.ClH/c1-12(2)11-17(14-4-5-14)15(18)6-3-13-7-9-16-10-8-13;/h12-14,16H,3-11H2,1-2H3;1H. The largest absolute Gasteiger partial charge is 0.339 e. The van der Waals surface area contributed by atoms with Crippen molar-refractivity contribution in [1.82, 2.24) is 10.2 Å². The number of carbonyl (C=O) groups excluding carboxylic acids is 1. The lowest BCUT2D eigenvalue weighted by atomic mass is 9.93. The molecule has 2 rings (SSSR count). The topological polar surface area (TPSA) is 32.3 Å². The third kappa shape index (κ3) is 5.70. The fourth-order valence-electron chi connectivity index (χ4n) is 2.88. The van der Waals surface area contributed by atoms with Gasteiger partial charge < -0.3 is 10.2 Å². The van der Waals surface area contributed by atoms with E-state index in [9.17, 15) is 4.79 Å². The maximum Gasteiger partial charge on any atom is 0.222 e. The van der Waals surface area contributed by atoms with Crippen molar-refractivity contribution in [2.24, 2.45) is 11.8 Å². The molecule has 1 saturated heterocycles. The molecule has 1 heterocycles. The highest BCUT2D eigenvalue weighted by Crippen LogP contribution is 2.29. The van der Waals surface area contributed by atoms with Gasteiger partial charge in [0.1, 0.15) is 0 Å². The molecule has 0 bridgehead atoms. The lowest BCUT2D eigenvalue weighted by Crippen LogP contribution is -2.36. The normalized spacial score (nSPS) is 20.2. The van der Waals surface area contributed by atoms with Gasteiger partial charge in [-0.3, -0.25) is 4.79 Å². The first kappa shape index (κ1) is 16.8. The number of rotatable bonds is 6. The van der Waals surface area contributed by atoms with E-state index in [0.717, 1.165) is 38.4 Å². The number of amides is 1. The maximum atomic E-state index is 12.3. The molecule has 112 valence electrons. The lowest BCUT2D eigenvalue weighted by molar-refractivity contribution is -0.132. The van der Waals surface area contributed by atoms with Gasteiger partial charge in [0, 0.05) is 19.0 Å². The van der Waals surface area contributed by atoms with E-state index >= 15 is 0 Å². The maximum absolute atomic E-state index is 12.3. The minimum absolute atomic E-state index is 0. The Morgan fingerprint density at radius 1 is 1.21 bits per heavy atom. The Morgan fingerprint density at radius 2 is 1.84 bits per heavy atom. The molecular formula is C15H29ClN2O. The van der Waals surface area contributed by atoms with E-state index in [1.54, 1.807) is 0 Å². The summed E-state index contributed by atoms with van der Waals surface area (Å²) in [5.41, 5.74) is 0. The second-order valence-electron chi connectivity index (χ2n) is 6.40. The molecule has 0 radical (unpaired) electrons. The first-order valence-electron chi connectivity index (χ1n) is 7.67. The molecule has 4 heteroatoms. The highest BCUT2D eigenvalue weighted by atomic mass is 35.5. The third-order valence-corrected chi connectivity index (χ3v) is 4.10. The van der Waals surface area contributed by atoms with E-state index in [2.05, 4.69) is 24.1 Å². The molecule has 1 aliphatic heterocycles. The van der Waals surface area contributed by atoms with Crippen molar-refractivity contribution in [2.75, 3.05) is 19.6 Å². The molecule has 1 aliphatic carbocycles. The van der Waals surface area contributed by atoms with Gasteiger partial charge in [0.15, 0.2) is 0 Å². The van der Waals surface area contributed by atoms with Crippen LogP contribution >= 0.6 is 12.4 Å². The average molecular weight is 289 g/mol. The van der Waals surface area contributed by atoms with Gasteiger partial charge >= 0.3 is 0 Å². The number of nitrogens with zero attached hydrogens (tertiary/aromatic N) is 1. The van der Waals surface area contributed by atoms with E-state index in [0.29, 0.717) is 17.9 Å². The van der Waals surface area contributed by atoms with Crippen molar-refractivity contribution >= 4 is 18.3 Å². The zero-order valence-corrected chi connectivity index (χ0v) is 13.2. The number of halogens is 1. The summed E-state index contributed by atoms with van der Waals surface area (Å²) in [4.78, 5) is 14.5. The smallest absolute Gasteiger partial charge is 0.222 e. The van der Waals surface area contributed by atoms with E-state index in [-0.39, 0.29) is 12.4 Å². The van der Waals surface area contributed by atoms with Crippen LogP contribution in [0.4, 0.5) is 0 Å². The van der Waals surface area contributed by atoms with E-state index in [4.69, 9.17) is 0 Å². The SMILES string of the molecule is CC(C)CN(C(=O)CCC1CCNCC1)C1CC1.Cl. The van der Waals surface area contributed by atoms with Crippen LogP contribution in [0.25, 0.3) is 0 Å². The van der Waals surface area contributed by atoms with Crippen LogP contribution in [0.3, 0.4) is 0 Å². The van der Waals surface area contributed by atoms with Crippen LogP contribution in [-0.4, -0.2) is 36.5 Å². The number of carbonyl (C=O) groups is 1. The van der Waals surface area contributed by atoms with Crippen molar-refractivity contribution < 1.29 is 4.79 Å². The molecular weight excluding hydrogens is 260 g/mol. The molecule has 0 aromatic heterocycles. The number of hydrogen-bond acceptors (Lipinski definition) is 2. The third-order valence-electron chi connectivity index (χ3n) is 4.10. The fourth-order valence-corrected chi connectivity index (χ4v) is 2.88. The summed E-state index contributed by atoms with van der Waals surface area (Å²) in [6.07, 6.45) is 6.83. The zero-order chi connectivity index (χ0) is 13.0. The molecule has 1 N–H and O–H groups in total. The molecule has 0 spiro atoms. The minimum atomic E-state index is 0. The molecule has 2 aliphatic rings. The van der Waals surface area contributed by atoms with Crippen LogP contribution in [0.15, 0.2) is 0 Å². The van der Waals surface area contributed by atoms with Gasteiger partial charge in [0.25, 0.3) is 0 Å². The summed E-state index contributed by atoms with van der Waals surface area (Å²) in [7, 11) is 0. The molecule has 1 saturated carbocycles. The Kier molecular flexibility index (Phi) is 7.16. The monoisotopic (exact) mass is 288 g/mol. The molecule has 0 unspecified atom stereocenters. The Labute approximate surface area is 123 Å². The van der Waals surface area contributed by atoms with E-state index in [1.807, 2.05) is 0 Å². The molecule has 0 aromatic carbocycles. The molecule has 0 aromatic rings. The van der Waals surface area contributed by atoms with Crippen molar-refractivity contribution in [3.63, 3.8) is 0 Å². The highest BCUT2D eigenvalue weighted by Gasteiger charge is 2.32. The second kappa shape index (κ2) is 8.11. The Bertz CT molecular complexity index is 273. The summed E-state index contributed by atoms with van der Waals surface area (Å²) in [6, 6.07) is 0.577. The van der Waals surface area contributed by atoms with Gasteiger partial charge in [0.2, 0.25) is 5.91 Å². The van der Waals surface area contributed by atoms with E-state index in [1.165, 1.54) is 25.7 Å². The van der Waals surface area contributed by atoms with Crippen molar-refractivity contribution in [3.8, 4) is 0 Å². The van der Waals surface area contributed by atoms with E-state index < -0.39 is 0 Å². The van der Waals surface area contributed by atoms with Crippen molar-refractivity contribution in [3.05, 3.63) is 0 Å². The van der Waals surface area contributed by atoms with Crippen molar-refractivity contribution in [2.45, 2.75) is 58.4 Å². The quantitative estimate of drug-likeness (QED) is 0.815. The summed E-state index contributed by atoms with van der Waals surface area (Å²) >= 11 is 0. The lowest BCUT2D eigenvalue weighted by Gasteiger charge is -2.27. The molecule has 19 heavy (non-hydrogen) atoms. The number of nitrogens with one attached hydrogen (secondary N) is 1. The van der Waals surface area contributed by atoms with Crippen LogP contribution < -0.4 is 5.32 Å². The summed E-state index contributed by atoms with van der Waals surface area (Å²) in [5, 5.41) is 3.38. The van der Waals surface area contributed by atoms with Crippen molar-refractivity contribution in [1.29, 1.82) is 0 Å². The Hall–Kier alpha value is -0.280. The zero-order valence-electron chi connectivity index (χ0n) is 12.4. The van der Waals surface area contributed by atoms with Crippen LogP contribution in [-0.2, 0) is 4.79 Å². The van der Waals surface area contributed by atoms with Crippen LogP contribution in [0, 0.1) is 11.8 Å². The van der Waals surface area contributed by atoms with Gasteiger partial charge in [0.05, 0.1) is 0 Å². The molecule has 1 amide bonds. The molecule has 2 fully saturated rings. The average Bonchev–Trinajstić information content (AvgIpc) is 3.18. The van der Waals surface area contributed by atoms with Gasteiger partial charge in [-0.05, 0) is 57.0 Å². The van der Waals surface area contributed by atoms with Crippen LogP contribution in [0.1, 0.15) is 52.4 Å². The summed E-state index contributed by atoms with van der Waals surface area (Å²) < 4.78 is 0. The summed E-state index contributed by atoms with van der Waals surface area (Å²) in [6.45, 7) is 7.63. The second-order valence-corrected chi connectivity index (χ2v) is 6.40. The Morgan fingerprint density at radius 3 is 2.37 bits per heavy atom. The number of piperidine rings is 1. The Balaban J connectivity index is 0.00000180. The molecule has 3 nitrogen and oxygen atoms in total.